The molecule has 1 aliphatic rings. The van der Waals surface area contributed by atoms with Crippen molar-refractivity contribution in [3.05, 3.63) is 64.1 Å². The molecule has 0 spiro atoms. The largest absolute Gasteiger partial charge is 0.497 e. The highest BCUT2D eigenvalue weighted by molar-refractivity contribution is 9.10. The Hall–Kier alpha value is -2.67. The summed E-state index contributed by atoms with van der Waals surface area (Å²) in [5, 5.41) is 5.24. The first-order valence-corrected chi connectivity index (χ1v) is 8.43. The highest BCUT2D eigenvalue weighted by Crippen LogP contribution is 2.25. The summed E-state index contributed by atoms with van der Waals surface area (Å²) in [7, 11) is 1.53. The van der Waals surface area contributed by atoms with Crippen LogP contribution in [0.4, 0.5) is 0 Å². The molecule has 0 unspecified atom stereocenters. The van der Waals surface area contributed by atoms with Crippen LogP contribution >= 0.6 is 15.9 Å². The van der Waals surface area contributed by atoms with Crippen molar-refractivity contribution in [3.63, 3.8) is 0 Å². The van der Waals surface area contributed by atoms with Crippen LogP contribution in [0, 0.1) is 0 Å². The van der Waals surface area contributed by atoms with E-state index in [2.05, 4.69) is 31.6 Å². The van der Waals surface area contributed by atoms with Crippen LogP contribution in [0.1, 0.15) is 28.4 Å². The summed E-state index contributed by atoms with van der Waals surface area (Å²) in [6, 6.07) is 14.0. The highest BCUT2D eigenvalue weighted by Gasteiger charge is 2.23. The molecule has 2 aromatic rings. The number of nitrogens with one attached hydrogen (secondary N) is 2. The Labute approximate surface area is 153 Å². The molecule has 0 saturated heterocycles. The van der Waals surface area contributed by atoms with Crippen molar-refractivity contribution < 1.29 is 14.3 Å². The Morgan fingerprint density at radius 3 is 2.76 bits per heavy atom. The van der Waals surface area contributed by atoms with Crippen molar-refractivity contribution in [2.75, 3.05) is 7.11 Å². The van der Waals surface area contributed by atoms with E-state index in [1.165, 1.54) is 7.11 Å². The second-order valence-corrected chi connectivity index (χ2v) is 6.40. The number of hydrogen-bond donors (Lipinski definition) is 2. The predicted octanol–water partition coefficient (Wildman–Crippen LogP) is 2.80. The fraction of sp³-hybridized carbons (Fsp3) is 0.167. The minimum atomic E-state index is -0.366. The van der Waals surface area contributed by atoms with Crippen LogP contribution in [0.15, 0.2) is 58.0 Å². The zero-order chi connectivity index (χ0) is 17.8. The minimum Gasteiger partial charge on any atom is -0.497 e. The molecule has 0 aromatic heterocycles. The third-order valence-corrected chi connectivity index (χ3v) is 4.27. The summed E-state index contributed by atoms with van der Waals surface area (Å²) in [6.07, 6.45) is 0.236. The van der Waals surface area contributed by atoms with Gasteiger partial charge >= 0.3 is 0 Å². The van der Waals surface area contributed by atoms with Crippen molar-refractivity contribution in [2.24, 2.45) is 4.99 Å². The Kier molecular flexibility index (Phi) is 5.14. The second kappa shape index (κ2) is 7.48. The SMILES string of the molecule is COc1cccc(C(=O)NC2=N[C@H](c3ccc(Br)cc3)CC(=O)N2)c1. The van der Waals surface area contributed by atoms with Gasteiger partial charge in [0.25, 0.3) is 5.91 Å². The standard InChI is InChI=1S/C18H16BrN3O3/c1-25-14-4-2-3-12(9-14)17(24)22-18-20-15(10-16(23)21-18)11-5-7-13(19)8-6-11/h2-9,15H,10H2,1H3,(H2,20,21,22,23,24)/t15-/m0/s1. The summed E-state index contributed by atoms with van der Waals surface area (Å²) in [5.41, 5.74) is 1.33. The van der Waals surface area contributed by atoms with Gasteiger partial charge in [0.15, 0.2) is 0 Å². The van der Waals surface area contributed by atoms with Crippen LogP contribution in [0.5, 0.6) is 5.75 Å². The van der Waals surface area contributed by atoms with E-state index in [1.807, 2.05) is 24.3 Å². The Morgan fingerprint density at radius 2 is 2.04 bits per heavy atom. The first-order valence-electron chi connectivity index (χ1n) is 7.63. The lowest BCUT2D eigenvalue weighted by Gasteiger charge is -2.21. The van der Waals surface area contributed by atoms with Gasteiger partial charge in [-0.15, -0.1) is 0 Å². The summed E-state index contributed by atoms with van der Waals surface area (Å²) in [5.74, 6) is 0.172. The van der Waals surface area contributed by atoms with Crippen LogP contribution in [-0.4, -0.2) is 24.9 Å². The molecule has 6 nitrogen and oxygen atoms in total. The van der Waals surface area contributed by atoms with Crippen LogP contribution in [0.25, 0.3) is 0 Å². The summed E-state index contributed by atoms with van der Waals surface area (Å²) >= 11 is 3.38. The van der Waals surface area contributed by atoms with Gasteiger partial charge in [0.05, 0.1) is 19.6 Å². The van der Waals surface area contributed by atoms with Crippen molar-refractivity contribution in [2.45, 2.75) is 12.5 Å². The van der Waals surface area contributed by atoms with Gasteiger partial charge in [-0.05, 0) is 35.9 Å². The smallest absolute Gasteiger partial charge is 0.258 e. The van der Waals surface area contributed by atoms with Crippen LogP contribution in [0.3, 0.4) is 0 Å². The molecule has 1 heterocycles. The summed E-state index contributed by atoms with van der Waals surface area (Å²) in [6.45, 7) is 0. The van der Waals surface area contributed by atoms with E-state index in [0.29, 0.717) is 11.3 Å². The van der Waals surface area contributed by atoms with Gasteiger partial charge in [-0.3, -0.25) is 20.2 Å². The fourth-order valence-corrected chi connectivity index (χ4v) is 2.74. The molecule has 2 aromatic carbocycles. The first-order chi connectivity index (χ1) is 12.0. The summed E-state index contributed by atoms with van der Waals surface area (Å²) in [4.78, 5) is 28.8. The Bertz CT molecular complexity index is 834. The molecule has 3 rings (SSSR count). The number of ether oxygens (including phenoxy) is 1. The number of halogens is 1. The van der Waals surface area contributed by atoms with Gasteiger partial charge < -0.3 is 4.74 Å². The third kappa shape index (κ3) is 4.24. The Balaban J connectivity index is 1.79. The number of amides is 2. The molecule has 7 heteroatoms. The molecule has 25 heavy (non-hydrogen) atoms. The lowest BCUT2D eigenvalue weighted by Crippen LogP contribution is -2.47. The highest BCUT2D eigenvalue weighted by atomic mass is 79.9. The monoisotopic (exact) mass is 401 g/mol. The molecular weight excluding hydrogens is 386 g/mol. The number of benzene rings is 2. The number of methoxy groups -OCH3 is 1. The number of aliphatic imine (C=N–C) groups is 1. The molecular formula is C18H16BrN3O3. The number of rotatable bonds is 3. The van der Waals surface area contributed by atoms with E-state index >= 15 is 0 Å². The average molecular weight is 402 g/mol. The van der Waals surface area contributed by atoms with Gasteiger partial charge in [-0.1, -0.05) is 34.1 Å². The van der Waals surface area contributed by atoms with Gasteiger partial charge in [-0.25, -0.2) is 4.99 Å². The Morgan fingerprint density at radius 1 is 1.28 bits per heavy atom. The maximum Gasteiger partial charge on any atom is 0.258 e. The topological polar surface area (TPSA) is 79.8 Å². The van der Waals surface area contributed by atoms with E-state index in [-0.39, 0.29) is 30.2 Å². The molecule has 0 fully saturated rings. The minimum absolute atomic E-state index is 0.150. The molecule has 1 atom stereocenters. The summed E-state index contributed by atoms with van der Waals surface area (Å²) < 4.78 is 6.06. The van der Waals surface area contributed by atoms with E-state index in [0.717, 1.165) is 10.0 Å². The predicted molar refractivity (Wildman–Crippen MR) is 97.5 cm³/mol. The van der Waals surface area contributed by atoms with E-state index < -0.39 is 0 Å². The number of carbonyl (C=O) groups is 2. The maximum absolute atomic E-state index is 12.4. The van der Waals surface area contributed by atoms with Crippen LogP contribution in [-0.2, 0) is 4.79 Å². The molecule has 1 aliphatic heterocycles. The van der Waals surface area contributed by atoms with Crippen molar-refractivity contribution in [1.82, 2.24) is 10.6 Å². The zero-order valence-electron chi connectivity index (χ0n) is 13.5. The molecule has 128 valence electrons. The number of nitrogens with zero attached hydrogens (tertiary/aromatic N) is 1. The molecule has 2 N–H and O–H groups in total. The zero-order valence-corrected chi connectivity index (χ0v) is 15.0. The van der Waals surface area contributed by atoms with Crippen molar-refractivity contribution in [1.29, 1.82) is 0 Å². The molecule has 2 amide bonds. The van der Waals surface area contributed by atoms with E-state index in [1.54, 1.807) is 24.3 Å². The van der Waals surface area contributed by atoms with E-state index in [4.69, 9.17) is 4.74 Å². The van der Waals surface area contributed by atoms with E-state index in [9.17, 15) is 9.59 Å². The molecule has 0 bridgehead atoms. The van der Waals surface area contributed by atoms with Crippen molar-refractivity contribution >= 4 is 33.7 Å². The third-order valence-electron chi connectivity index (χ3n) is 3.74. The second-order valence-electron chi connectivity index (χ2n) is 5.48. The maximum atomic E-state index is 12.4. The van der Waals surface area contributed by atoms with Gasteiger partial charge in [0, 0.05) is 10.0 Å². The lowest BCUT2D eigenvalue weighted by molar-refractivity contribution is -0.120. The quantitative estimate of drug-likeness (QED) is 0.829. The van der Waals surface area contributed by atoms with Crippen molar-refractivity contribution in [3.8, 4) is 5.75 Å². The normalized spacial score (nSPS) is 16.6. The van der Waals surface area contributed by atoms with Gasteiger partial charge in [0.2, 0.25) is 11.9 Å². The molecule has 0 radical (unpaired) electrons. The van der Waals surface area contributed by atoms with Crippen LogP contribution in [0.2, 0.25) is 0 Å². The average Bonchev–Trinajstić information content (AvgIpc) is 2.62. The number of hydrogen-bond acceptors (Lipinski definition) is 4. The lowest BCUT2D eigenvalue weighted by atomic mass is 10.0. The first kappa shape index (κ1) is 17.2. The molecule has 0 saturated carbocycles. The fourth-order valence-electron chi connectivity index (χ4n) is 2.48. The number of carbonyl (C=O) groups excluding carboxylic acids is 2. The molecule has 0 aliphatic carbocycles. The van der Waals surface area contributed by atoms with Crippen LogP contribution < -0.4 is 15.4 Å². The van der Waals surface area contributed by atoms with Gasteiger partial charge in [0.1, 0.15) is 5.75 Å². The van der Waals surface area contributed by atoms with Gasteiger partial charge in [-0.2, -0.15) is 0 Å². The number of guanidine groups is 1.